The lowest BCUT2D eigenvalue weighted by Crippen LogP contribution is -2.30. The van der Waals surface area contributed by atoms with Crippen molar-refractivity contribution in [3.63, 3.8) is 0 Å². The average Bonchev–Trinajstić information content (AvgIpc) is 3.48. The van der Waals surface area contributed by atoms with Gasteiger partial charge in [-0.2, -0.15) is 0 Å². The number of hydrogen-bond acceptors (Lipinski definition) is 6. The number of allylic oxidation sites excluding steroid dienone is 14. The van der Waals surface area contributed by atoms with Gasteiger partial charge in [0.05, 0.1) is 0 Å². The Bertz CT molecular complexity index is 1550. The van der Waals surface area contributed by atoms with Crippen LogP contribution in [0.2, 0.25) is 0 Å². The van der Waals surface area contributed by atoms with E-state index in [1.54, 1.807) is 0 Å². The highest BCUT2D eigenvalue weighted by Gasteiger charge is 2.19. The molecule has 6 nitrogen and oxygen atoms in total. The molecule has 0 aliphatic carbocycles. The molecule has 0 spiro atoms. The Morgan fingerprint density at radius 2 is 0.476 bits per heavy atom. The third-order valence-corrected chi connectivity index (χ3v) is 15.7. The molecule has 1 unspecified atom stereocenters. The zero-order valence-corrected chi connectivity index (χ0v) is 54.5. The lowest BCUT2D eigenvalue weighted by molar-refractivity contribution is -0.167. The number of esters is 3. The van der Waals surface area contributed by atoms with Crippen LogP contribution in [0, 0.1) is 0 Å². The molecule has 0 aromatic carbocycles. The lowest BCUT2D eigenvalue weighted by atomic mass is 10.0. The van der Waals surface area contributed by atoms with Gasteiger partial charge < -0.3 is 14.2 Å². The molecule has 0 amide bonds. The van der Waals surface area contributed by atoms with E-state index in [0.717, 1.165) is 109 Å². The Labute approximate surface area is 509 Å². The molecular formula is C76H134O6. The zero-order valence-electron chi connectivity index (χ0n) is 54.5. The number of ether oxygens (including phenoxy) is 3. The first kappa shape index (κ1) is 78.6. The molecule has 0 aliphatic rings. The van der Waals surface area contributed by atoms with E-state index in [9.17, 15) is 14.4 Å². The van der Waals surface area contributed by atoms with Gasteiger partial charge in [-0.1, -0.05) is 350 Å². The third-order valence-electron chi connectivity index (χ3n) is 15.7. The molecule has 1 atom stereocenters. The fourth-order valence-corrected chi connectivity index (χ4v) is 10.4. The quantitative estimate of drug-likeness (QED) is 0.0261. The molecule has 0 saturated carbocycles. The molecule has 0 saturated heterocycles. The molecule has 0 aromatic rings. The standard InChI is InChI=1S/C76H134O6/c1-4-7-10-13-16-18-20-22-24-26-28-30-32-34-36-38-40-41-43-45-47-49-51-53-55-57-60-63-66-69-75(78)81-72-73(71-80-74(77)68-65-62-59-15-12-9-6-3)82-76(79)70-67-64-61-58-56-54-52-50-48-46-44-42-39-37-35-33-31-29-27-25-23-21-19-17-14-11-8-5-2/h7,10,16,18,22,24,28,30,34,36,40-41,45,47,73H,4-6,8-9,11-15,17,19-21,23,25-27,29,31-33,35,37-39,42-44,46,48-72H2,1-3H3/b10-7-,18-16-,24-22-,30-28-,36-34-,41-40-,47-45-. The molecule has 0 rings (SSSR count). The lowest BCUT2D eigenvalue weighted by Gasteiger charge is -2.18. The van der Waals surface area contributed by atoms with Crippen LogP contribution in [-0.2, 0) is 28.6 Å². The molecule has 82 heavy (non-hydrogen) atoms. The van der Waals surface area contributed by atoms with Crippen molar-refractivity contribution in [2.45, 2.75) is 367 Å². The van der Waals surface area contributed by atoms with Crippen LogP contribution in [0.25, 0.3) is 0 Å². The first-order chi connectivity index (χ1) is 40.5. The summed E-state index contributed by atoms with van der Waals surface area (Å²) in [5.41, 5.74) is 0. The molecule has 0 fully saturated rings. The van der Waals surface area contributed by atoms with Gasteiger partial charge in [-0.15, -0.1) is 0 Å². The zero-order chi connectivity index (χ0) is 59.2. The summed E-state index contributed by atoms with van der Waals surface area (Å²) in [6, 6.07) is 0. The van der Waals surface area contributed by atoms with Gasteiger partial charge in [0.1, 0.15) is 13.2 Å². The fraction of sp³-hybridized carbons (Fsp3) is 0.776. The van der Waals surface area contributed by atoms with Gasteiger partial charge in [0.2, 0.25) is 0 Å². The highest BCUT2D eigenvalue weighted by Crippen LogP contribution is 2.18. The first-order valence-corrected chi connectivity index (χ1v) is 35.6. The molecule has 0 aliphatic heterocycles. The van der Waals surface area contributed by atoms with Crippen LogP contribution in [0.1, 0.15) is 361 Å². The summed E-state index contributed by atoms with van der Waals surface area (Å²) in [4.78, 5) is 38.2. The van der Waals surface area contributed by atoms with Crippen LogP contribution in [-0.4, -0.2) is 37.2 Å². The van der Waals surface area contributed by atoms with Crippen molar-refractivity contribution < 1.29 is 28.6 Å². The van der Waals surface area contributed by atoms with E-state index < -0.39 is 6.10 Å². The summed E-state index contributed by atoms with van der Waals surface area (Å²) in [7, 11) is 0. The highest BCUT2D eigenvalue weighted by molar-refractivity contribution is 5.71. The second-order valence-electron chi connectivity index (χ2n) is 23.8. The maximum absolute atomic E-state index is 12.9. The van der Waals surface area contributed by atoms with E-state index in [0.29, 0.717) is 19.3 Å². The van der Waals surface area contributed by atoms with Crippen molar-refractivity contribution in [1.29, 1.82) is 0 Å². The van der Waals surface area contributed by atoms with Crippen molar-refractivity contribution in [1.82, 2.24) is 0 Å². The van der Waals surface area contributed by atoms with Gasteiger partial charge in [0, 0.05) is 19.3 Å². The minimum atomic E-state index is -0.778. The van der Waals surface area contributed by atoms with Gasteiger partial charge in [-0.3, -0.25) is 14.4 Å². The van der Waals surface area contributed by atoms with Crippen molar-refractivity contribution >= 4 is 17.9 Å². The summed E-state index contributed by atoms with van der Waals surface area (Å²) in [6.07, 6.45) is 93.6. The van der Waals surface area contributed by atoms with Crippen LogP contribution in [0.3, 0.4) is 0 Å². The smallest absolute Gasteiger partial charge is 0.306 e. The third kappa shape index (κ3) is 67.4. The van der Waals surface area contributed by atoms with Crippen LogP contribution in [0.15, 0.2) is 85.1 Å². The van der Waals surface area contributed by atoms with E-state index in [1.165, 1.54) is 212 Å². The monoisotopic (exact) mass is 1140 g/mol. The average molecular weight is 1140 g/mol. The predicted octanol–water partition coefficient (Wildman–Crippen LogP) is 24.6. The highest BCUT2D eigenvalue weighted by atomic mass is 16.6. The van der Waals surface area contributed by atoms with Gasteiger partial charge in [-0.25, -0.2) is 0 Å². The van der Waals surface area contributed by atoms with Gasteiger partial charge in [0.25, 0.3) is 0 Å². The van der Waals surface area contributed by atoms with E-state index in [2.05, 4.69) is 106 Å². The maximum atomic E-state index is 12.9. The van der Waals surface area contributed by atoms with E-state index in [4.69, 9.17) is 14.2 Å². The van der Waals surface area contributed by atoms with Crippen LogP contribution >= 0.6 is 0 Å². The molecular weight excluding hydrogens is 1010 g/mol. The van der Waals surface area contributed by atoms with Crippen molar-refractivity contribution in [3.05, 3.63) is 85.1 Å². The van der Waals surface area contributed by atoms with Crippen molar-refractivity contribution in [3.8, 4) is 0 Å². The minimum absolute atomic E-state index is 0.0762. The van der Waals surface area contributed by atoms with Crippen molar-refractivity contribution in [2.75, 3.05) is 13.2 Å². The normalized spacial score (nSPS) is 12.6. The predicted molar refractivity (Wildman–Crippen MR) is 358 cm³/mol. The Hall–Kier alpha value is -3.41. The fourth-order valence-electron chi connectivity index (χ4n) is 10.4. The number of rotatable bonds is 65. The summed E-state index contributed by atoms with van der Waals surface area (Å²) in [5, 5.41) is 0. The number of carbonyl (C=O) groups is 3. The molecule has 0 heterocycles. The van der Waals surface area contributed by atoms with Gasteiger partial charge in [0.15, 0.2) is 6.10 Å². The van der Waals surface area contributed by atoms with Gasteiger partial charge >= 0.3 is 17.9 Å². The molecule has 0 radical (unpaired) electrons. The van der Waals surface area contributed by atoms with Gasteiger partial charge in [-0.05, 0) is 77.0 Å². The second-order valence-corrected chi connectivity index (χ2v) is 23.8. The molecule has 474 valence electrons. The van der Waals surface area contributed by atoms with Crippen molar-refractivity contribution in [2.24, 2.45) is 0 Å². The SMILES string of the molecule is CC/C=C\C/C=C\C/C=C\C/C=C\C/C=C\C/C=C\C/C=C\CCCCCCCCCC(=O)OCC(COC(=O)CCCCCCCCC)OC(=O)CCCCCCCCCCCCCCCCCCCCCCCCCCCCCC. The minimum Gasteiger partial charge on any atom is -0.462 e. The molecule has 0 N–H and O–H groups in total. The maximum Gasteiger partial charge on any atom is 0.306 e. The largest absolute Gasteiger partial charge is 0.462 e. The summed E-state index contributed by atoms with van der Waals surface area (Å²) in [5.74, 6) is -0.877. The van der Waals surface area contributed by atoms with Crippen LogP contribution < -0.4 is 0 Å². The van der Waals surface area contributed by atoms with Crippen LogP contribution in [0.4, 0.5) is 0 Å². The Kier molecular flexibility index (Phi) is 67.2. The number of hydrogen-bond donors (Lipinski definition) is 0. The second kappa shape index (κ2) is 70.1. The topological polar surface area (TPSA) is 78.9 Å². The summed E-state index contributed by atoms with van der Waals surface area (Å²) < 4.78 is 16.9. The van der Waals surface area contributed by atoms with E-state index in [-0.39, 0.29) is 31.1 Å². The molecule has 0 bridgehead atoms. The Morgan fingerprint density at radius 3 is 0.744 bits per heavy atom. The Balaban J connectivity index is 4.09. The molecule has 6 heteroatoms. The Morgan fingerprint density at radius 1 is 0.256 bits per heavy atom. The van der Waals surface area contributed by atoms with E-state index in [1.807, 2.05) is 0 Å². The summed E-state index contributed by atoms with van der Waals surface area (Å²) >= 11 is 0. The first-order valence-electron chi connectivity index (χ1n) is 35.6. The summed E-state index contributed by atoms with van der Waals surface area (Å²) in [6.45, 7) is 6.52. The molecule has 0 aromatic heterocycles. The number of carbonyl (C=O) groups excluding carboxylic acids is 3. The number of unbranched alkanes of at least 4 members (excludes halogenated alkanes) is 40. The van der Waals surface area contributed by atoms with E-state index >= 15 is 0 Å². The van der Waals surface area contributed by atoms with Crippen LogP contribution in [0.5, 0.6) is 0 Å².